The van der Waals surface area contributed by atoms with Crippen molar-refractivity contribution in [3.05, 3.63) is 35.9 Å². The van der Waals surface area contributed by atoms with Crippen LogP contribution in [0.3, 0.4) is 0 Å². The fourth-order valence-corrected chi connectivity index (χ4v) is 2.48. The molecular weight excluding hydrogens is 220 g/mol. The Kier molecular flexibility index (Phi) is 3.01. The third-order valence-corrected chi connectivity index (χ3v) is 3.84. The number of hydrogen-bond donors (Lipinski definition) is 1. The van der Waals surface area contributed by atoms with E-state index in [1.165, 1.54) is 17.3 Å². The largest absolute Gasteiger partial charge is 0.296 e. The molecule has 84 valence electrons. The van der Waals surface area contributed by atoms with Gasteiger partial charge in [-0.1, -0.05) is 42.1 Å². The summed E-state index contributed by atoms with van der Waals surface area (Å²) >= 11 is 1.51. The molecule has 0 aliphatic carbocycles. The van der Waals surface area contributed by atoms with Crippen molar-refractivity contribution in [2.75, 3.05) is 0 Å². The lowest BCUT2D eigenvalue weighted by Gasteiger charge is -2.18. The van der Waals surface area contributed by atoms with Gasteiger partial charge in [-0.25, -0.2) is 0 Å². The number of hydrogen-bond acceptors (Lipinski definition) is 4. The lowest BCUT2D eigenvalue weighted by atomic mass is 10.2. The van der Waals surface area contributed by atoms with Crippen LogP contribution in [0.15, 0.2) is 35.4 Å². The van der Waals surface area contributed by atoms with E-state index in [1.807, 2.05) is 25.1 Å². The second-order valence-corrected chi connectivity index (χ2v) is 5.46. The van der Waals surface area contributed by atoms with Crippen molar-refractivity contribution in [2.45, 2.75) is 25.1 Å². The molecule has 0 fully saturated rings. The second kappa shape index (κ2) is 4.29. The zero-order valence-corrected chi connectivity index (χ0v) is 10.2. The van der Waals surface area contributed by atoms with Gasteiger partial charge in [0.2, 0.25) is 0 Å². The molecule has 16 heavy (non-hydrogen) atoms. The summed E-state index contributed by atoms with van der Waals surface area (Å²) in [5.41, 5.74) is 4.12. The normalized spacial score (nSPS) is 23.8. The molecular formula is C12H14N2OS. The van der Waals surface area contributed by atoms with Gasteiger partial charge in [0, 0.05) is 6.42 Å². The topological polar surface area (TPSA) is 41.5 Å². The first-order valence-electron chi connectivity index (χ1n) is 5.18. The van der Waals surface area contributed by atoms with Crippen molar-refractivity contribution < 1.29 is 4.79 Å². The molecule has 0 amide bonds. The van der Waals surface area contributed by atoms with E-state index in [2.05, 4.69) is 22.7 Å². The molecule has 3 nitrogen and oxygen atoms in total. The number of hydrazone groups is 1. The van der Waals surface area contributed by atoms with Crippen LogP contribution in [0.25, 0.3) is 0 Å². The smallest absolute Gasteiger partial charge is 0.166 e. The van der Waals surface area contributed by atoms with Gasteiger partial charge >= 0.3 is 0 Å². The van der Waals surface area contributed by atoms with Gasteiger partial charge in [-0.2, -0.15) is 5.10 Å². The second-order valence-electron chi connectivity index (χ2n) is 3.97. The highest BCUT2D eigenvalue weighted by molar-refractivity contribution is 8.15. The summed E-state index contributed by atoms with van der Waals surface area (Å²) < 4.78 is 0. The number of carbonyl (C=O) groups excluding carboxylic acids is 1. The molecule has 0 bridgehead atoms. The number of carbonyl (C=O) groups is 1. The van der Waals surface area contributed by atoms with Crippen molar-refractivity contribution in [1.82, 2.24) is 5.43 Å². The molecule has 1 aliphatic rings. The summed E-state index contributed by atoms with van der Waals surface area (Å²) in [6, 6.07) is 10.1. The molecule has 1 N–H and O–H groups in total. The summed E-state index contributed by atoms with van der Waals surface area (Å²) in [4.78, 5) is 10.8. The van der Waals surface area contributed by atoms with Crippen molar-refractivity contribution in [1.29, 1.82) is 0 Å². The molecule has 1 aromatic rings. The van der Waals surface area contributed by atoms with Gasteiger partial charge in [-0.15, -0.1) is 0 Å². The highest BCUT2D eigenvalue weighted by Crippen LogP contribution is 2.30. The maximum atomic E-state index is 11.4. The van der Waals surface area contributed by atoms with E-state index >= 15 is 0 Å². The molecule has 1 aromatic carbocycles. The third-order valence-electron chi connectivity index (χ3n) is 2.59. The van der Waals surface area contributed by atoms with Gasteiger partial charge in [-0.05, 0) is 19.4 Å². The molecule has 0 unspecified atom stereocenters. The number of thioether (sulfide) groups is 1. The van der Waals surface area contributed by atoms with Crippen molar-refractivity contribution in [3.8, 4) is 0 Å². The Morgan fingerprint density at radius 2 is 2.12 bits per heavy atom. The zero-order chi connectivity index (χ0) is 11.6. The van der Waals surface area contributed by atoms with Gasteiger partial charge < -0.3 is 0 Å². The fourth-order valence-electron chi connectivity index (χ4n) is 1.45. The number of nitrogens with one attached hydrogen (secondary N) is 1. The first-order chi connectivity index (χ1) is 7.60. The maximum Gasteiger partial charge on any atom is 0.166 e. The molecule has 0 saturated heterocycles. The fraction of sp³-hybridized carbons (Fsp3) is 0.333. The van der Waals surface area contributed by atoms with Gasteiger partial charge in [0.25, 0.3) is 0 Å². The molecule has 0 saturated carbocycles. The Labute approximate surface area is 99.3 Å². The van der Waals surface area contributed by atoms with Crippen LogP contribution in [0, 0.1) is 0 Å². The van der Waals surface area contributed by atoms with Crippen LogP contribution in [-0.4, -0.2) is 15.7 Å². The molecule has 2 rings (SSSR count). The Balaban J connectivity index is 2.03. The van der Waals surface area contributed by atoms with Crippen molar-refractivity contribution >= 4 is 22.6 Å². The lowest BCUT2D eigenvalue weighted by molar-refractivity contribution is -0.119. The minimum absolute atomic E-state index is 0.101. The summed E-state index contributed by atoms with van der Waals surface area (Å²) in [6.45, 7) is 3.45. The maximum absolute atomic E-state index is 11.4. The van der Waals surface area contributed by atoms with Crippen LogP contribution in [-0.2, 0) is 11.2 Å². The standard InChI is InChI=1S/C12H14N2OS/c1-9(15)12(2)14-13-11(16-12)8-10-6-4-3-5-7-10/h3-7,14H,8H2,1-2H3/t12-/m0/s1. The molecule has 0 radical (unpaired) electrons. The summed E-state index contributed by atoms with van der Waals surface area (Å²) in [7, 11) is 0. The summed E-state index contributed by atoms with van der Waals surface area (Å²) in [5, 5.41) is 5.18. The molecule has 0 aromatic heterocycles. The predicted octanol–water partition coefficient (Wildman–Crippen LogP) is 2.18. The number of benzene rings is 1. The van der Waals surface area contributed by atoms with Gasteiger partial charge in [-0.3, -0.25) is 10.2 Å². The van der Waals surface area contributed by atoms with E-state index in [-0.39, 0.29) is 5.78 Å². The minimum Gasteiger partial charge on any atom is -0.296 e. The highest BCUT2D eigenvalue weighted by Gasteiger charge is 2.36. The number of nitrogens with zero attached hydrogens (tertiary/aromatic N) is 1. The summed E-state index contributed by atoms with van der Waals surface area (Å²) in [6.07, 6.45) is 0.779. The molecule has 4 heteroatoms. The van der Waals surface area contributed by atoms with E-state index in [4.69, 9.17) is 0 Å². The first-order valence-corrected chi connectivity index (χ1v) is 5.99. The highest BCUT2D eigenvalue weighted by atomic mass is 32.2. The zero-order valence-electron chi connectivity index (χ0n) is 9.36. The third kappa shape index (κ3) is 2.27. The molecule has 1 atom stereocenters. The average Bonchev–Trinajstić information content (AvgIpc) is 2.63. The summed E-state index contributed by atoms with van der Waals surface area (Å²) in [5.74, 6) is 0.101. The van der Waals surface area contributed by atoms with E-state index < -0.39 is 4.87 Å². The van der Waals surface area contributed by atoms with Crippen LogP contribution in [0.2, 0.25) is 0 Å². The van der Waals surface area contributed by atoms with Gasteiger partial charge in [0.1, 0.15) is 5.04 Å². The molecule has 1 heterocycles. The predicted molar refractivity (Wildman–Crippen MR) is 67.4 cm³/mol. The molecule has 0 spiro atoms. The first kappa shape index (κ1) is 11.2. The average molecular weight is 234 g/mol. The van der Waals surface area contributed by atoms with E-state index in [0.717, 1.165) is 11.5 Å². The van der Waals surface area contributed by atoms with Crippen LogP contribution < -0.4 is 5.43 Å². The Bertz CT molecular complexity index is 430. The number of Topliss-reactive ketones (excluding diaryl/α,β-unsaturated/α-hetero) is 1. The van der Waals surface area contributed by atoms with E-state index in [9.17, 15) is 4.79 Å². The Hall–Kier alpha value is -1.29. The minimum atomic E-state index is -0.579. The van der Waals surface area contributed by atoms with E-state index in [1.54, 1.807) is 6.92 Å². The quantitative estimate of drug-likeness (QED) is 0.871. The number of ketones is 1. The van der Waals surface area contributed by atoms with E-state index in [0.29, 0.717) is 0 Å². The SMILES string of the molecule is CC(=O)[C@@]1(C)NN=C(Cc2ccccc2)S1. The Morgan fingerprint density at radius 1 is 1.44 bits per heavy atom. The van der Waals surface area contributed by atoms with Gasteiger partial charge in [0.15, 0.2) is 10.7 Å². The van der Waals surface area contributed by atoms with Crippen LogP contribution >= 0.6 is 11.8 Å². The van der Waals surface area contributed by atoms with Crippen molar-refractivity contribution in [2.24, 2.45) is 5.10 Å². The molecule has 1 aliphatic heterocycles. The van der Waals surface area contributed by atoms with Gasteiger partial charge in [0.05, 0.1) is 0 Å². The van der Waals surface area contributed by atoms with Crippen molar-refractivity contribution in [3.63, 3.8) is 0 Å². The van der Waals surface area contributed by atoms with Crippen LogP contribution in [0.1, 0.15) is 19.4 Å². The van der Waals surface area contributed by atoms with Crippen LogP contribution in [0.4, 0.5) is 0 Å². The lowest BCUT2D eigenvalue weighted by Crippen LogP contribution is -2.39. The monoisotopic (exact) mass is 234 g/mol. The van der Waals surface area contributed by atoms with Crippen LogP contribution in [0.5, 0.6) is 0 Å². The Morgan fingerprint density at radius 3 is 2.69 bits per heavy atom. The number of rotatable bonds is 3.